The molecule has 0 saturated heterocycles. The van der Waals surface area contributed by atoms with Crippen LogP contribution in [0.4, 0.5) is 18.0 Å². The minimum atomic E-state index is -4.48. The van der Waals surface area contributed by atoms with Crippen molar-refractivity contribution in [2.45, 2.75) is 6.18 Å². The molecule has 1 aromatic rings. The Morgan fingerprint density at radius 2 is 1.71 bits per heavy atom. The summed E-state index contributed by atoms with van der Waals surface area (Å²) in [5.41, 5.74) is 5.14. The van der Waals surface area contributed by atoms with E-state index in [0.717, 1.165) is 24.3 Å². The number of alkyl halides is 3. The number of nitrogens with two attached hydrogens (primary N) is 1. The number of carbonyl (C=O) groups excluding carboxylic acids is 2. The average molecular weight is 248 g/mol. The molecule has 17 heavy (non-hydrogen) atoms. The van der Waals surface area contributed by atoms with Gasteiger partial charge in [-0.15, -0.1) is 0 Å². The van der Waals surface area contributed by atoms with Gasteiger partial charge in [0.15, 0.2) is 0 Å². The number of hydrogen-bond acceptors (Lipinski definition) is 3. The molecule has 0 fully saturated rings. The van der Waals surface area contributed by atoms with E-state index in [9.17, 15) is 22.8 Å². The maximum absolute atomic E-state index is 12.2. The van der Waals surface area contributed by atoms with Gasteiger partial charge in [0.2, 0.25) is 0 Å². The highest BCUT2D eigenvalue weighted by atomic mass is 19.4. The highest BCUT2D eigenvalue weighted by molar-refractivity contribution is 5.90. The van der Waals surface area contributed by atoms with E-state index in [2.05, 4.69) is 10.6 Å². The Kier molecular flexibility index (Phi) is 3.56. The van der Waals surface area contributed by atoms with Crippen molar-refractivity contribution in [2.75, 3.05) is 0 Å². The van der Waals surface area contributed by atoms with E-state index in [-0.39, 0.29) is 5.56 Å². The molecule has 92 valence electrons. The van der Waals surface area contributed by atoms with Crippen molar-refractivity contribution in [1.29, 1.82) is 0 Å². The fourth-order valence-electron chi connectivity index (χ4n) is 0.951. The van der Waals surface area contributed by atoms with Crippen molar-refractivity contribution in [3.63, 3.8) is 0 Å². The first-order valence-corrected chi connectivity index (χ1v) is 4.24. The van der Waals surface area contributed by atoms with Gasteiger partial charge in [0, 0.05) is 0 Å². The van der Waals surface area contributed by atoms with Gasteiger partial charge < -0.3 is 10.6 Å². The zero-order valence-electron chi connectivity index (χ0n) is 8.25. The molecular formula is C9H7F3N2O3. The second kappa shape index (κ2) is 4.73. The minimum absolute atomic E-state index is 0.147. The highest BCUT2D eigenvalue weighted by Gasteiger charge is 2.30. The molecule has 0 spiro atoms. The van der Waals surface area contributed by atoms with Gasteiger partial charge in [-0.1, -0.05) is 0 Å². The number of hydroxylamine groups is 1. The van der Waals surface area contributed by atoms with Gasteiger partial charge in [-0.2, -0.15) is 18.7 Å². The van der Waals surface area contributed by atoms with E-state index < -0.39 is 23.7 Å². The largest absolute Gasteiger partial charge is 0.416 e. The van der Waals surface area contributed by atoms with E-state index in [0.29, 0.717) is 0 Å². The zero-order valence-corrected chi connectivity index (χ0v) is 8.25. The van der Waals surface area contributed by atoms with Gasteiger partial charge >= 0.3 is 18.2 Å². The fraction of sp³-hybridized carbons (Fsp3) is 0.111. The summed E-state index contributed by atoms with van der Waals surface area (Å²) in [6, 6.07) is 2.20. The number of primary amides is 1. The van der Waals surface area contributed by atoms with Crippen LogP contribution in [0.3, 0.4) is 0 Å². The van der Waals surface area contributed by atoms with E-state index in [1.165, 1.54) is 0 Å². The van der Waals surface area contributed by atoms with Crippen molar-refractivity contribution in [2.24, 2.45) is 5.73 Å². The number of amides is 2. The topological polar surface area (TPSA) is 81.4 Å². The van der Waals surface area contributed by atoms with E-state index in [1.807, 2.05) is 0 Å². The third-order valence-electron chi connectivity index (χ3n) is 1.69. The van der Waals surface area contributed by atoms with Gasteiger partial charge in [0.25, 0.3) is 0 Å². The number of hydrogen-bond donors (Lipinski definition) is 2. The first-order valence-electron chi connectivity index (χ1n) is 4.24. The summed E-state index contributed by atoms with van der Waals surface area (Å²) < 4.78 is 36.6. The third-order valence-corrected chi connectivity index (χ3v) is 1.69. The Balaban J connectivity index is 2.74. The maximum atomic E-state index is 12.2. The molecule has 0 saturated carbocycles. The highest BCUT2D eigenvalue weighted by Crippen LogP contribution is 2.29. The lowest BCUT2D eigenvalue weighted by molar-refractivity contribution is -0.137. The first kappa shape index (κ1) is 12.8. The molecule has 0 aliphatic carbocycles. The Morgan fingerprint density at radius 3 is 2.12 bits per heavy atom. The standard InChI is InChI=1S/C9H7F3N2O3/c10-9(11,12)6-3-1-5(2-4-6)7(15)17-14-8(13)16/h1-4H,(H3,13,14,16). The molecule has 0 aromatic heterocycles. The second-order valence-corrected chi connectivity index (χ2v) is 2.93. The molecule has 0 aliphatic heterocycles. The molecule has 5 nitrogen and oxygen atoms in total. The van der Waals surface area contributed by atoms with Crippen molar-refractivity contribution >= 4 is 12.0 Å². The Morgan fingerprint density at radius 1 is 1.18 bits per heavy atom. The predicted molar refractivity (Wildman–Crippen MR) is 49.6 cm³/mol. The van der Waals surface area contributed by atoms with E-state index >= 15 is 0 Å². The van der Waals surface area contributed by atoms with Crippen LogP contribution in [0.15, 0.2) is 24.3 Å². The smallest absolute Gasteiger partial charge is 0.349 e. The molecule has 8 heteroatoms. The summed E-state index contributed by atoms with van der Waals surface area (Å²) in [5.74, 6) is -1.02. The monoisotopic (exact) mass is 248 g/mol. The maximum Gasteiger partial charge on any atom is 0.416 e. The van der Waals surface area contributed by atoms with Crippen molar-refractivity contribution in [3.05, 3.63) is 35.4 Å². The van der Waals surface area contributed by atoms with Gasteiger partial charge in [-0.3, -0.25) is 0 Å². The van der Waals surface area contributed by atoms with E-state index in [4.69, 9.17) is 0 Å². The van der Waals surface area contributed by atoms with Crippen LogP contribution in [-0.2, 0) is 11.0 Å². The lowest BCUT2D eigenvalue weighted by atomic mass is 10.1. The predicted octanol–water partition coefficient (Wildman–Crippen LogP) is 1.45. The SMILES string of the molecule is NC(=O)NOC(=O)c1ccc(C(F)(F)F)cc1. The van der Waals surface area contributed by atoms with Gasteiger partial charge in [0.1, 0.15) is 0 Å². The van der Waals surface area contributed by atoms with Gasteiger partial charge in [-0.25, -0.2) is 9.59 Å². The molecular weight excluding hydrogens is 241 g/mol. The summed E-state index contributed by atoms with van der Waals surface area (Å²) in [4.78, 5) is 25.5. The molecule has 0 bridgehead atoms. The van der Waals surface area contributed by atoms with Crippen LogP contribution < -0.4 is 11.2 Å². The molecule has 0 unspecified atom stereocenters. The lowest BCUT2D eigenvalue weighted by Gasteiger charge is -2.07. The third kappa shape index (κ3) is 3.67. The van der Waals surface area contributed by atoms with Crippen molar-refractivity contribution in [1.82, 2.24) is 5.48 Å². The second-order valence-electron chi connectivity index (χ2n) is 2.93. The van der Waals surface area contributed by atoms with Crippen LogP contribution >= 0.6 is 0 Å². The summed E-state index contributed by atoms with van der Waals surface area (Å²) in [7, 11) is 0. The lowest BCUT2D eigenvalue weighted by Crippen LogP contribution is -2.31. The molecule has 2 amide bonds. The summed E-state index contributed by atoms with van der Waals surface area (Å²) in [5, 5.41) is 0. The average Bonchev–Trinajstić information content (AvgIpc) is 2.25. The molecule has 0 radical (unpaired) electrons. The summed E-state index contributed by atoms with van der Waals surface area (Å²) in [6.45, 7) is 0. The van der Waals surface area contributed by atoms with Crippen LogP contribution in [0.1, 0.15) is 15.9 Å². The normalized spacial score (nSPS) is 10.8. The van der Waals surface area contributed by atoms with Crippen LogP contribution in [0.5, 0.6) is 0 Å². The number of rotatable bonds is 1. The van der Waals surface area contributed by atoms with Crippen molar-refractivity contribution in [3.8, 4) is 0 Å². The van der Waals surface area contributed by atoms with Gasteiger partial charge in [-0.05, 0) is 24.3 Å². The Hall–Kier alpha value is -2.25. The Labute approximate surface area is 93.3 Å². The molecule has 0 atom stereocenters. The number of halogens is 3. The molecule has 1 rings (SSSR count). The van der Waals surface area contributed by atoms with Crippen LogP contribution in [0.25, 0.3) is 0 Å². The molecule has 0 heterocycles. The fourth-order valence-corrected chi connectivity index (χ4v) is 0.951. The number of benzene rings is 1. The number of nitrogens with one attached hydrogen (secondary N) is 1. The van der Waals surface area contributed by atoms with Gasteiger partial charge in [0.05, 0.1) is 11.1 Å². The van der Waals surface area contributed by atoms with Crippen LogP contribution in [-0.4, -0.2) is 12.0 Å². The van der Waals surface area contributed by atoms with E-state index in [1.54, 1.807) is 5.48 Å². The van der Waals surface area contributed by atoms with Crippen molar-refractivity contribution < 1.29 is 27.6 Å². The van der Waals surface area contributed by atoms with Crippen LogP contribution in [0, 0.1) is 0 Å². The number of carbonyl (C=O) groups is 2. The molecule has 3 N–H and O–H groups in total. The zero-order chi connectivity index (χ0) is 13.1. The molecule has 0 aliphatic rings. The quantitative estimate of drug-likeness (QED) is 0.738. The number of urea groups is 1. The summed E-state index contributed by atoms with van der Waals surface area (Å²) in [6.07, 6.45) is -4.48. The molecule has 1 aromatic carbocycles. The summed E-state index contributed by atoms with van der Waals surface area (Å²) >= 11 is 0. The van der Waals surface area contributed by atoms with Crippen LogP contribution in [0.2, 0.25) is 0 Å². The first-order chi connectivity index (χ1) is 7.80. The minimum Gasteiger partial charge on any atom is -0.349 e. The Bertz CT molecular complexity index is 428.